The van der Waals surface area contributed by atoms with Gasteiger partial charge in [-0.3, -0.25) is 14.8 Å². The Hall–Kier alpha value is -3.66. The zero-order valence-electron chi connectivity index (χ0n) is 23.2. The number of pyridine rings is 1. The molecule has 0 radical (unpaired) electrons. The van der Waals surface area contributed by atoms with Crippen molar-refractivity contribution >= 4 is 28.5 Å². The Balaban J connectivity index is 1.39. The summed E-state index contributed by atoms with van der Waals surface area (Å²) >= 11 is 6.45. The number of phenolic OH excluding ortho intramolecular Hbond substituents is 1. The first kappa shape index (κ1) is 27.9. The smallest absolute Gasteiger partial charge is 0.257 e. The molecule has 2 aromatic heterocycles. The third kappa shape index (κ3) is 5.63. The minimum absolute atomic E-state index is 0.121. The molecular formula is C30H35ClN6O3. The number of amides is 1. The van der Waals surface area contributed by atoms with Crippen molar-refractivity contribution in [3.8, 4) is 33.9 Å². The van der Waals surface area contributed by atoms with Crippen molar-refractivity contribution < 1.29 is 14.6 Å². The van der Waals surface area contributed by atoms with Crippen LogP contribution < -0.4 is 4.74 Å². The summed E-state index contributed by atoms with van der Waals surface area (Å²) in [7, 11) is 1.63. The van der Waals surface area contributed by atoms with E-state index in [9.17, 15) is 9.90 Å². The van der Waals surface area contributed by atoms with Gasteiger partial charge >= 0.3 is 0 Å². The maximum Gasteiger partial charge on any atom is 0.257 e. The Labute approximate surface area is 239 Å². The fourth-order valence-corrected chi connectivity index (χ4v) is 5.42. The van der Waals surface area contributed by atoms with Gasteiger partial charge in [-0.15, -0.1) is 0 Å². The van der Waals surface area contributed by atoms with E-state index in [-0.39, 0.29) is 22.2 Å². The van der Waals surface area contributed by atoms with Crippen LogP contribution in [0.15, 0.2) is 48.7 Å². The van der Waals surface area contributed by atoms with Crippen molar-refractivity contribution in [2.75, 3.05) is 59.5 Å². The van der Waals surface area contributed by atoms with Gasteiger partial charge < -0.3 is 19.6 Å². The lowest BCUT2D eigenvalue weighted by Crippen LogP contribution is -2.50. The predicted octanol–water partition coefficient (Wildman–Crippen LogP) is 4.76. The van der Waals surface area contributed by atoms with Gasteiger partial charge in [-0.1, -0.05) is 37.6 Å². The number of rotatable bonds is 9. The summed E-state index contributed by atoms with van der Waals surface area (Å²) in [6, 6.07) is 13.0. The summed E-state index contributed by atoms with van der Waals surface area (Å²) in [6.45, 7) is 11.2. The van der Waals surface area contributed by atoms with E-state index in [1.807, 2.05) is 30.3 Å². The molecule has 10 heteroatoms. The first-order valence-corrected chi connectivity index (χ1v) is 14.1. The third-order valence-corrected chi connectivity index (χ3v) is 7.98. The summed E-state index contributed by atoms with van der Waals surface area (Å²) in [5.74, 6) is 0.276. The number of piperazine rings is 1. The number of methoxy groups -OCH3 is 1. The molecule has 1 amide bonds. The summed E-state index contributed by atoms with van der Waals surface area (Å²) < 4.78 is 5.54. The Kier molecular flexibility index (Phi) is 8.54. The average molecular weight is 563 g/mol. The van der Waals surface area contributed by atoms with E-state index < -0.39 is 0 Å². The molecule has 9 nitrogen and oxygen atoms in total. The molecule has 0 atom stereocenters. The maximum absolute atomic E-state index is 13.5. The largest absolute Gasteiger partial charge is 0.506 e. The number of phenols is 1. The number of H-pyrrole nitrogens is 1. The van der Waals surface area contributed by atoms with E-state index >= 15 is 0 Å². The molecule has 1 fully saturated rings. The highest BCUT2D eigenvalue weighted by atomic mass is 35.5. The molecule has 1 saturated heterocycles. The molecule has 2 aromatic carbocycles. The Bertz CT molecular complexity index is 1490. The number of fused-ring (bicyclic) bond motifs is 1. The van der Waals surface area contributed by atoms with Crippen LogP contribution in [0, 0.1) is 0 Å². The molecule has 40 heavy (non-hydrogen) atoms. The number of nitrogens with zero attached hydrogens (tertiary/aromatic N) is 5. The number of likely N-dealkylation sites (N-methyl/N-ethyl adjacent to an activating group) is 1. The number of hydrogen-bond acceptors (Lipinski definition) is 7. The topological polar surface area (TPSA) is 97.8 Å². The van der Waals surface area contributed by atoms with Crippen molar-refractivity contribution in [2.24, 2.45) is 0 Å². The van der Waals surface area contributed by atoms with Gasteiger partial charge in [0.1, 0.15) is 17.2 Å². The van der Waals surface area contributed by atoms with Gasteiger partial charge in [-0.2, -0.15) is 5.10 Å². The molecule has 5 rings (SSSR count). The normalized spacial score (nSPS) is 14.3. The summed E-state index contributed by atoms with van der Waals surface area (Å²) in [4.78, 5) is 24.7. The highest BCUT2D eigenvalue weighted by Gasteiger charge is 2.26. The molecule has 1 aliphatic rings. The first-order valence-electron chi connectivity index (χ1n) is 13.7. The summed E-state index contributed by atoms with van der Waals surface area (Å²) in [5.41, 5.74) is 3.81. The van der Waals surface area contributed by atoms with Crippen LogP contribution in [-0.4, -0.2) is 100 Å². The lowest BCUT2D eigenvalue weighted by atomic mass is 10.0. The van der Waals surface area contributed by atoms with Crippen molar-refractivity contribution in [3.05, 3.63) is 59.2 Å². The van der Waals surface area contributed by atoms with E-state index in [2.05, 4.69) is 38.8 Å². The fourth-order valence-electron chi connectivity index (χ4n) is 5.20. The van der Waals surface area contributed by atoms with E-state index in [1.165, 1.54) is 0 Å². The van der Waals surface area contributed by atoms with Crippen LogP contribution in [-0.2, 0) is 0 Å². The summed E-state index contributed by atoms with van der Waals surface area (Å²) in [5, 5.41) is 19.2. The second-order valence-corrected chi connectivity index (χ2v) is 10.3. The number of nitrogens with one attached hydrogen (secondary N) is 1. The number of hydrogen-bond donors (Lipinski definition) is 2. The van der Waals surface area contributed by atoms with Gasteiger partial charge in [0.25, 0.3) is 5.91 Å². The number of halogens is 1. The third-order valence-electron chi connectivity index (χ3n) is 7.69. The van der Waals surface area contributed by atoms with Crippen LogP contribution in [0.2, 0.25) is 5.02 Å². The SMILES string of the molecule is CCN(CC)CCN1CCN(C(=O)c2cc(-c3cnc4[nH]nc(-c5ccccc5OC)c4c3)cc(Cl)c2O)CC1. The van der Waals surface area contributed by atoms with Crippen LogP contribution >= 0.6 is 11.6 Å². The van der Waals surface area contributed by atoms with Crippen molar-refractivity contribution in [2.45, 2.75) is 13.8 Å². The van der Waals surface area contributed by atoms with Crippen molar-refractivity contribution in [1.29, 1.82) is 0 Å². The van der Waals surface area contributed by atoms with Gasteiger partial charge in [0.2, 0.25) is 0 Å². The molecule has 0 aliphatic carbocycles. The van der Waals surface area contributed by atoms with Gasteiger partial charge in [0, 0.05) is 62.0 Å². The molecular weight excluding hydrogens is 528 g/mol. The van der Waals surface area contributed by atoms with Crippen molar-refractivity contribution in [1.82, 2.24) is 29.9 Å². The number of carbonyl (C=O) groups excluding carboxylic acids is 1. The van der Waals surface area contributed by atoms with E-state index in [0.29, 0.717) is 35.7 Å². The van der Waals surface area contributed by atoms with Crippen LogP contribution in [0.25, 0.3) is 33.4 Å². The molecule has 2 N–H and O–H groups in total. The zero-order chi connectivity index (χ0) is 28.2. The number of aromatic amines is 1. The van der Waals surface area contributed by atoms with Gasteiger partial charge in [-0.25, -0.2) is 4.98 Å². The monoisotopic (exact) mass is 562 g/mol. The lowest BCUT2D eigenvalue weighted by Gasteiger charge is -2.35. The molecule has 1 aliphatic heterocycles. The number of para-hydroxylation sites is 1. The lowest BCUT2D eigenvalue weighted by molar-refractivity contribution is 0.0622. The van der Waals surface area contributed by atoms with E-state index in [1.54, 1.807) is 30.3 Å². The van der Waals surface area contributed by atoms with Crippen molar-refractivity contribution in [3.63, 3.8) is 0 Å². The Morgan fingerprint density at radius 3 is 2.58 bits per heavy atom. The second kappa shape index (κ2) is 12.2. The number of aromatic nitrogens is 3. The molecule has 0 spiro atoms. The van der Waals surface area contributed by atoms with E-state index in [4.69, 9.17) is 16.3 Å². The highest BCUT2D eigenvalue weighted by Crippen LogP contribution is 2.37. The second-order valence-electron chi connectivity index (χ2n) is 9.91. The predicted molar refractivity (Wildman–Crippen MR) is 158 cm³/mol. The van der Waals surface area contributed by atoms with E-state index in [0.717, 1.165) is 55.8 Å². The average Bonchev–Trinajstić information content (AvgIpc) is 3.42. The van der Waals surface area contributed by atoms with Crippen LogP contribution in [0.5, 0.6) is 11.5 Å². The fraction of sp³-hybridized carbons (Fsp3) is 0.367. The molecule has 210 valence electrons. The minimum atomic E-state index is -0.225. The van der Waals surface area contributed by atoms with Crippen LogP contribution in [0.4, 0.5) is 0 Å². The van der Waals surface area contributed by atoms with Crippen LogP contribution in [0.3, 0.4) is 0 Å². The molecule has 3 heterocycles. The minimum Gasteiger partial charge on any atom is -0.506 e. The Morgan fingerprint density at radius 2 is 1.85 bits per heavy atom. The molecule has 0 saturated carbocycles. The summed E-state index contributed by atoms with van der Waals surface area (Å²) in [6.07, 6.45) is 1.71. The van der Waals surface area contributed by atoms with Gasteiger partial charge in [0.05, 0.1) is 17.7 Å². The standard InChI is InChI=1S/C30H35ClN6O3/c1-4-35(5-2)10-11-36-12-14-37(15-13-36)30(39)24-16-20(18-25(31)28(24)38)21-17-23-27(33-34-29(23)32-19-21)22-8-6-7-9-26(22)40-3/h6-9,16-19,38H,4-5,10-15H2,1-3H3,(H,32,33,34). The van der Waals surface area contributed by atoms with Gasteiger partial charge in [0.15, 0.2) is 5.65 Å². The highest BCUT2D eigenvalue weighted by molar-refractivity contribution is 6.33. The number of ether oxygens (including phenoxy) is 1. The quantitative estimate of drug-likeness (QED) is 0.303. The molecule has 0 bridgehead atoms. The first-order chi connectivity index (χ1) is 19.4. The molecule has 0 unspecified atom stereocenters. The number of aromatic hydroxyl groups is 1. The number of carbonyl (C=O) groups is 1. The Morgan fingerprint density at radius 1 is 1.10 bits per heavy atom. The molecule has 4 aromatic rings. The maximum atomic E-state index is 13.5. The number of benzene rings is 2. The van der Waals surface area contributed by atoms with Gasteiger partial charge in [-0.05, 0) is 49.0 Å². The zero-order valence-corrected chi connectivity index (χ0v) is 23.9. The van der Waals surface area contributed by atoms with Crippen LogP contribution in [0.1, 0.15) is 24.2 Å².